The molecular formula is C19H22FNO4S. The molecular weight excluding hydrogens is 357 g/mol. The van der Waals surface area contributed by atoms with Gasteiger partial charge in [-0.25, -0.2) is 17.5 Å². The van der Waals surface area contributed by atoms with E-state index < -0.39 is 21.4 Å². The van der Waals surface area contributed by atoms with Crippen LogP contribution in [-0.4, -0.2) is 26.7 Å². The van der Waals surface area contributed by atoms with Crippen LogP contribution in [0.3, 0.4) is 0 Å². The average molecular weight is 379 g/mol. The molecule has 0 spiro atoms. The molecule has 0 radical (unpaired) electrons. The predicted molar refractivity (Wildman–Crippen MR) is 95.8 cm³/mol. The van der Waals surface area contributed by atoms with Crippen molar-refractivity contribution in [3.63, 3.8) is 0 Å². The van der Waals surface area contributed by atoms with E-state index >= 15 is 0 Å². The molecule has 1 saturated carbocycles. The molecule has 0 aromatic heterocycles. The first-order valence-electron chi connectivity index (χ1n) is 8.57. The van der Waals surface area contributed by atoms with Crippen LogP contribution < -0.4 is 9.46 Å². The van der Waals surface area contributed by atoms with Crippen molar-refractivity contribution in [3.8, 4) is 5.75 Å². The first-order valence-corrected chi connectivity index (χ1v) is 10.0. The van der Waals surface area contributed by atoms with Crippen LogP contribution in [0.5, 0.6) is 5.75 Å². The third-order valence-corrected chi connectivity index (χ3v) is 5.97. The fraction of sp³-hybridized carbons (Fsp3) is 0.368. The van der Waals surface area contributed by atoms with Crippen molar-refractivity contribution >= 4 is 10.0 Å². The maximum atomic E-state index is 14.0. The summed E-state index contributed by atoms with van der Waals surface area (Å²) < 4.78 is 46.6. The van der Waals surface area contributed by atoms with Gasteiger partial charge >= 0.3 is 0 Å². The van der Waals surface area contributed by atoms with E-state index in [2.05, 4.69) is 4.72 Å². The molecule has 2 aromatic rings. The predicted octanol–water partition coefficient (Wildman–Crippen LogP) is 2.80. The Morgan fingerprint density at radius 2 is 1.92 bits per heavy atom. The molecule has 0 amide bonds. The van der Waals surface area contributed by atoms with Gasteiger partial charge in [0.2, 0.25) is 10.0 Å². The van der Waals surface area contributed by atoms with E-state index in [-0.39, 0.29) is 29.7 Å². The van der Waals surface area contributed by atoms with Crippen molar-refractivity contribution in [1.82, 2.24) is 4.72 Å². The molecule has 2 N–H and O–H groups in total. The van der Waals surface area contributed by atoms with Gasteiger partial charge in [-0.05, 0) is 49.4 Å². The molecule has 0 saturated heterocycles. The zero-order chi connectivity index (χ0) is 18.8. The maximum absolute atomic E-state index is 14.0. The summed E-state index contributed by atoms with van der Waals surface area (Å²) in [6, 6.07) is 12.5. The molecule has 1 unspecified atom stereocenters. The highest BCUT2D eigenvalue weighted by atomic mass is 32.2. The highest BCUT2D eigenvalue weighted by molar-refractivity contribution is 7.89. The van der Waals surface area contributed by atoms with E-state index in [9.17, 15) is 17.9 Å². The van der Waals surface area contributed by atoms with Crippen LogP contribution >= 0.6 is 0 Å². The molecule has 1 aliphatic rings. The molecule has 7 heteroatoms. The number of sulfonamides is 1. The Labute approximate surface area is 152 Å². The summed E-state index contributed by atoms with van der Waals surface area (Å²) in [7, 11) is -3.97. The van der Waals surface area contributed by atoms with Crippen molar-refractivity contribution in [3.05, 3.63) is 59.9 Å². The molecule has 0 aliphatic heterocycles. The number of halogens is 1. The summed E-state index contributed by atoms with van der Waals surface area (Å²) in [6.07, 6.45) is 1.68. The second kappa shape index (κ2) is 7.34. The van der Waals surface area contributed by atoms with Crippen LogP contribution in [0.4, 0.5) is 4.39 Å². The molecule has 0 heterocycles. The summed E-state index contributed by atoms with van der Waals surface area (Å²) in [6.45, 7) is 1.83. The monoisotopic (exact) mass is 379 g/mol. The second-order valence-electron chi connectivity index (χ2n) is 6.41. The third kappa shape index (κ3) is 3.90. The summed E-state index contributed by atoms with van der Waals surface area (Å²) in [5, 5.41) is 11.1. The maximum Gasteiger partial charge on any atom is 0.240 e. The first-order chi connectivity index (χ1) is 12.4. The van der Waals surface area contributed by atoms with Gasteiger partial charge in [0.1, 0.15) is 5.60 Å². The van der Waals surface area contributed by atoms with Crippen LogP contribution in [0.25, 0.3) is 0 Å². The van der Waals surface area contributed by atoms with E-state index in [0.717, 1.165) is 18.9 Å². The molecule has 140 valence electrons. The molecule has 1 atom stereocenters. The minimum atomic E-state index is -3.97. The van der Waals surface area contributed by atoms with Crippen LogP contribution in [0.15, 0.2) is 53.4 Å². The van der Waals surface area contributed by atoms with E-state index in [0.29, 0.717) is 5.56 Å². The fourth-order valence-corrected chi connectivity index (χ4v) is 4.06. The van der Waals surface area contributed by atoms with E-state index in [1.54, 1.807) is 31.2 Å². The molecule has 0 bridgehead atoms. The minimum absolute atomic E-state index is 0.00432. The van der Waals surface area contributed by atoms with Gasteiger partial charge in [-0.3, -0.25) is 0 Å². The van der Waals surface area contributed by atoms with Gasteiger partial charge < -0.3 is 9.84 Å². The molecule has 3 rings (SSSR count). The second-order valence-corrected chi connectivity index (χ2v) is 8.18. The SMILES string of the molecule is CCOc1ccc(S(=O)(=O)NCC(O)(c2ccccc2)C2CC2)cc1F. The number of hydrogen-bond acceptors (Lipinski definition) is 4. The number of ether oxygens (including phenoxy) is 1. The van der Waals surface area contributed by atoms with Crippen molar-refractivity contribution < 1.29 is 22.7 Å². The Balaban J connectivity index is 1.80. The Morgan fingerprint density at radius 3 is 2.50 bits per heavy atom. The molecule has 1 fully saturated rings. The average Bonchev–Trinajstić information content (AvgIpc) is 3.48. The molecule has 5 nitrogen and oxygen atoms in total. The van der Waals surface area contributed by atoms with Crippen molar-refractivity contribution in [1.29, 1.82) is 0 Å². The Morgan fingerprint density at radius 1 is 1.23 bits per heavy atom. The van der Waals surface area contributed by atoms with Gasteiger partial charge in [-0.15, -0.1) is 0 Å². The number of hydrogen-bond donors (Lipinski definition) is 2. The van der Waals surface area contributed by atoms with E-state index in [1.807, 2.05) is 6.07 Å². The smallest absolute Gasteiger partial charge is 0.240 e. The normalized spacial score (nSPS) is 16.9. The summed E-state index contributed by atoms with van der Waals surface area (Å²) >= 11 is 0. The summed E-state index contributed by atoms with van der Waals surface area (Å²) in [4.78, 5) is -0.204. The van der Waals surface area contributed by atoms with Crippen LogP contribution in [0, 0.1) is 11.7 Å². The van der Waals surface area contributed by atoms with Crippen molar-refractivity contribution in [2.45, 2.75) is 30.3 Å². The highest BCUT2D eigenvalue weighted by Crippen LogP contribution is 2.45. The van der Waals surface area contributed by atoms with Gasteiger partial charge in [-0.2, -0.15) is 0 Å². The zero-order valence-electron chi connectivity index (χ0n) is 14.5. The van der Waals surface area contributed by atoms with Gasteiger partial charge in [0.05, 0.1) is 11.5 Å². The third-order valence-electron chi connectivity index (χ3n) is 4.57. The van der Waals surface area contributed by atoms with Crippen LogP contribution in [0.1, 0.15) is 25.3 Å². The lowest BCUT2D eigenvalue weighted by atomic mass is 9.89. The lowest BCUT2D eigenvalue weighted by Crippen LogP contribution is -2.42. The van der Waals surface area contributed by atoms with E-state index in [1.165, 1.54) is 12.1 Å². The standard InChI is InChI=1S/C19H22FNO4S/c1-2-25-18-11-10-16(12-17(18)20)26(23,24)21-13-19(22,15-8-9-15)14-6-4-3-5-7-14/h3-7,10-12,15,21-22H,2,8-9,13H2,1H3. The first kappa shape index (κ1) is 18.8. The van der Waals surface area contributed by atoms with Crippen molar-refractivity contribution in [2.75, 3.05) is 13.2 Å². The topological polar surface area (TPSA) is 75.6 Å². The quantitative estimate of drug-likeness (QED) is 0.740. The number of aliphatic hydroxyl groups is 1. The fourth-order valence-electron chi connectivity index (χ4n) is 2.98. The van der Waals surface area contributed by atoms with Gasteiger partial charge in [-0.1, -0.05) is 30.3 Å². The van der Waals surface area contributed by atoms with E-state index in [4.69, 9.17) is 4.74 Å². The Kier molecular flexibility index (Phi) is 5.32. The largest absolute Gasteiger partial charge is 0.491 e. The lowest BCUT2D eigenvalue weighted by molar-refractivity contribution is 0.0185. The minimum Gasteiger partial charge on any atom is -0.491 e. The summed E-state index contributed by atoms with van der Waals surface area (Å²) in [5.41, 5.74) is -0.610. The highest BCUT2D eigenvalue weighted by Gasteiger charge is 2.45. The van der Waals surface area contributed by atoms with Crippen molar-refractivity contribution in [2.24, 2.45) is 5.92 Å². The number of benzene rings is 2. The zero-order valence-corrected chi connectivity index (χ0v) is 15.3. The number of nitrogens with one attached hydrogen (secondary N) is 1. The Bertz CT molecular complexity index is 868. The molecule has 2 aromatic carbocycles. The van der Waals surface area contributed by atoms with Gasteiger partial charge in [0.15, 0.2) is 11.6 Å². The Hall–Kier alpha value is -1.96. The summed E-state index contributed by atoms with van der Waals surface area (Å²) in [5.74, 6) is -0.731. The van der Waals surface area contributed by atoms with Crippen LogP contribution in [-0.2, 0) is 15.6 Å². The molecule has 26 heavy (non-hydrogen) atoms. The lowest BCUT2D eigenvalue weighted by Gasteiger charge is -2.29. The van der Waals surface area contributed by atoms with Gasteiger partial charge in [0, 0.05) is 6.54 Å². The molecule has 1 aliphatic carbocycles. The van der Waals surface area contributed by atoms with Crippen LogP contribution in [0.2, 0.25) is 0 Å². The number of rotatable bonds is 8. The van der Waals surface area contributed by atoms with Gasteiger partial charge in [0.25, 0.3) is 0 Å².